The van der Waals surface area contributed by atoms with Gasteiger partial charge >= 0.3 is 5.97 Å². The fourth-order valence-electron chi connectivity index (χ4n) is 3.97. The van der Waals surface area contributed by atoms with Crippen LogP contribution in [0.25, 0.3) is 37.9 Å². The number of aromatic nitrogens is 1. The number of carbonyl (C=O) groups is 1. The van der Waals surface area contributed by atoms with Gasteiger partial charge < -0.3 is 9.67 Å². The maximum atomic E-state index is 11.9. The molecule has 142 valence electrons. The third-order valence-corrected chi connectivity index (χ3v) is 5.39. The van der Waals surface area contributed by atoms with E-state index in [-0.39, 0.29) is 5.69 Å². The molecule has 1 N–H and O–H groups in total. The summed E-state index contributed by atoms with van der Waals surface area (Å²) in [6.07, 6.45) is 0.601. The maximum absolute atomic E-state index is 11.9. The van der Waals surface area contributed by atoms with E-state index >= 15 is 0 Å². The average molecular weight is 380 g/mol. The van der Waals surface area contributed by atoms with E-state index in [1.165, 1.54) is 10.8 Å². The summed E-state index contributed by atoms with van der Waals surface area (Å²) in [5, 5.41) is 12.1. The monoisotopic (exact) mass is 380 g/mol. The Bertz CT molecular complexity index is 1270. The Labute approximate surface area is 169 Å². The molecule has 0 saturated heterocycles. The van der Waals surface area contributed by atoms with E-state index in [0.717, 1.165) is 22.4 Å². The van der Waals surface area contributed by atoms with Gasteiger partial charge in [-0.25, -0.2) is 9.64 Å². The zero-order valence-electron chi connectivity index (χ0n) is 16.3. The summed E-state index contributed by atoms with van der Waals surface area (Å²) >= 11 is 0. The molecule has 0 aliphatic rings. The molecular formula is C25H20N2O2. The molecule has 0 spiro atoms. The van der Waals surface area contributed by atoms with Crippen LogP contribution in [0, 0.1) is 6.57 Å². The topological polar surface area (TPSA) is 46.6 Å². The Kier molecular flexibility index (Phi) is 4.66. The highest BCUT2D eigenvalue weighted by atomic mass is 16.4. The zero-order chi connectivity index (χ0) is 20.5. The van der Waals surface area contributed by atoms with Crippen molar-refractivity contribution in [3.05, 3.63) is 89.5 Å². The van der Waals surface area contributed by atoms with Crippen molar-refractivity contribution in [1.82, 2.24) is 4.57 Å². The number of benzene rings is 3. The lowest BCUT2D eigenvalue weighted by Gasteiger charge is -2.08. The molecule has 0 aliphatic heterocycles. The van der Waals surface area contributed by atoms with E-state index in [9.17, 15) is 9.90 Å². The number of carboxylic acids is 1. The fourth-order valence-corrected chi connectivity index (χ4v) is 3.97. The van der Waals surface area contributed by atoms with Crippen molar-refractivity contribution in [3.63, 3.8) is 0 Å². The summed E-state index contributed by atoms with van der Waals surface area (Å²) < 4.78 is 1.63. The number of hydrogen-bond donors (Lipinski definition) is 1. The summed E-state index contributed by atoms with van der Waals surface area (Å²) in [5.41, 5.74) is 4.71. The van der Waals surface area contributed by atoms with Gasteiger partial charge in [-0.05, 0) is 39.9 Å². The quantitative estimate of drug-likeness (QED) is 0.421. The van der Waals surface area contributed by atoms with Gasteiger partial charge in [-0.2, -0.15) is 0 Å². The molecule has 4 nitrogen and oxygen atoms in total. The van der Waals surface area contributed by atoms with E-state index in [1.54, 1.807) is 11.6 Å². The van der Waals surface area contributed by atoms with Gasteiger partial charge in [0, 0.05) is 18.3 Å². The van der Waals surface area contributed by atoms with E-state index in [4.69, 9.17) is 6.57 Å². The van der Waals surface area contributed by atoms with Gasteiger partial charge in [-0.15, -0.1) is 0 Å². The molecule has 0 unspecified atom stereocenters. The molecule has 0 saturated carbocycles. The highest BCUT2D eigenvalue weighted by Gasteiger charge is 2.25. The lowest BCUT2D eigenvalue weighted by molar-refractivity contribution is 0.0687. The van der Waals surface area contributed by atoms with Gasteiger partial charge in [-0.3, -0.25) is 0 Å². The molecule has 4 aromatic rings. The zero-order valence-corrected chi connectivity index (χ0v) is 16.3. The molecule has 0 radical (unpaired) electrons. The number of rotatable bonds is 4. The molecule has 0 atom stereocenters. The second-order valence-corrected chi connectivity index (χ2v) is 6.99. The van der Waals surface area contributed by atoms with Crippen molar-refractivity contribution >= 4 is 22.4 Å². The van der Waals surface area contributed by atoms with Crippen LogP contribution in [-0.2, 0) is 13.5 Å². The fraction of sp³-hybridized carbons (Fsp3) is 0.120. The third-order valence-electron chi connectivity index (χ3n) is 5.39. The minimum Gasteiger partial charge on any atom is -0.477 e. The normalized spacial score (nSPS) is 10.8. The third kappa shape index (κ3) is 3.07. The minimum atomic E-state index is -1.02. The molecule has 3 aromatic carbocycles. The molecule has 1 aromatic heterocycles. The van der Waals surface area contributed by atoms with Crippen LogP contribution in [0.5, 0.6) is 0 Å². The van der Waals surface area contributed by atoms with Gasteiger partial charge in [0.2, 0.25) is 5.69 Å². The Morgan fingerprint density at radius 1 is 0.966 bits per heavy atom. The summed E-state index contributed by atoms with van der Waals surface area (Å²) in [5.74, 6) is -1.02. The standard InChI is InChI=1S/C25H20N2O2/c1-4-21-23(26-2)22(24(25(28)29)27(21)3)18-12-9-17(10-13-18)20-14-11-16-7-5-6-8-19(16)15-20/h5-15H,4H2,1,3H3,(H,28,29). The van der Waals surface area contributed by atoms with Gasteiger partial charge in [0.05, 0.1) is 6.57 Å². The minimum absolute atomic E-state index is 0.159. The Morgan fingerprint density at radius 3 is 2.21 bits per heavy atom. The van der Waals surface area contributed by atoms with Crippen LogP contribution < -0.4 is 0 Å². The van der Waals surface area contributed by atoms with Crippen molar-refractivity contribution in [1.29, 1.82) is 0 Å². The molecule has 0 fully saturated rings. The Balaban J connectivity index is 1.82. The molecule has 0 bridgehead atoms. The molecular weight excluding hydrogens is 360 g/mol. The van der Waals surface area contributed by atoms with Gasteiger partial charge in [0.15, 0.2) is 0 Å². The molecule has 4 heteroatoms. The van der Waals surface area contributed by atoms with E-state index in [1.807, 2.05) is 43.3 Å². The largest absolute Gasteiger partial charge is 0.477 e. The number of aromatic carboxylic acids is 1. The van der Waals surface area contributed by atoms with Crippen molar-refractivity contribution in [2.45, 2.75) is 13.3 Å². The van der Waals surface area contributed by atoms with Crippen molar-refractivity contribution < 1.29 is 9.90 Å². The van der Waals surface area contributed by atoms with Crippen molar-refractivity contribution in [2.75, 3.05) is 0 Å². The van der Waals surface area contributed by atoms with Crippen molar-refractivity contribution in [3.8, 4) is 22.3 Å². The van der Waals surface area contributed by atoms with Crippen LogP contribution in [0.4, 0.5) is 5.69 Å². The van der Waals surface area contributed by atoms with Crippen LogP contribution >= 0.6 is 0 Å². The second-order valence-electron chi connectivity index (χ2n) is 6.99. The lowest BCUT2D eigenvalue weighted by atomic mass is 9.97. The maximum Gasteiger partial charge on any atom is 0.351 e. The summed E-state index contributed by atoms with van der Waals surface area (Å²) in [6, 6.07) is 22.3. The Morgan fingerprint density at radius 2 is 1.59 bits per heavy atom. The number of carboxylic acid groups (broad SMARTS) is 1. The van der Waals surface area contributed by atoms with Gasteiger partial charge in [0.25, 0.3) is 0 Å². The number of hydrogen-bond acceptors (Lipinski definition) is 1. The summed E-state index contributed by atoms with van der Waals surface area (Å²) in [6.45, 7) is 9.53. The second kappa shape index (κ2) is 7.29. The van der Waals surface area contributed by atoms with Crippen LogP contribution in [0.1, 0.15) is 23.1 Å². The van der Waals surface area contributed by atoms with Crippen molar-refractivity contribution in [2.24, 2.45) is 7.05 Å². The Hall–Kier alpha value is -3.84. The first-order valence-electron chi connectivity index (χ1n) is 9.47. The first-order valence-corrected chi connectivity index (χ1v) is 9.47. The number of nitrogens with zero attached hydrogens (tertiary/aromatic N) is 2. The van der Waals surface area contributed by atoms with E-state index in [2.05, 4.69) is 35.2 Å². The van der Waals surface area contributed by atoms with Crippen LogP contribution in [0.15, 0.2) is 66.7 Å². The molecule has 4 rings (SSSR count). The van der Waals surface area contributed by atoms with Crippen LogP contribution in [0.2, 0.25) is 0 Å². The highest BCUT2D eigenvalue weighted by molar-refractivity contribution is 6.01. The highest BCUT2D eigenvalue weighted by Crippen LogP contribution is 2.40. The number of fused-ring (bicyclic) bond motifs is 1. The lowest BCUT2D eigenvalue weighted by Crippen LogP contribution is -2.07. The summed E-state index contributed by atoms with van der Waals surface area (Å²) in [7, 11) is 1.71. The van der Waals surface area contributed by atoms with E-state index < -0.39 is 5.97 Å². The van der Waals surface area contributed by atoms with Crippen LogP contribution in [0.3, 0.4) is 0 Å². The SMILES string of the molecule is [C-]#[N+]c1c(-c2ccc(-c3ccc4ccccc4c3)cc2)c(C(=O)O)n(C)c1CC. The molecule has 1 heterocycles. The molecule has 29 heavy (non-hydrogen) atoms. The predicted octanol–water partition coefficient (Wildman–Crippen LogP) is 6.32. The van der Waals surface area contributed by atoms with Gasteiger partial charge in [0.1, 0.15) is 5.69 Å². The van der Waals surface area contributed by atoms with Crippen LogP contribution in [-0.4, -0.2) is 15.6 Å². The molecule has 0 amide bonds. The molecule has 0 aliphatic carbocycles. The first kappa shape index (κ1) is 18.5. The van der Waals surface area contributed by atoms with E-state index in [0.29, 0.717) is 17.7 Å². The van der Waals surface area contributed by atoms with Gasteiger partial charge in [-0.1, -0.05) is 67.6 Å². The summed E-state index contributed by atoms with van der Waals surface area (Å²) in [4.78, 5) is 15.6. The average Bonchev–Trinajstić information content (AvgIpc) is 3.05. The first-order chi connectivity index (χ1) is 14.0. The smallest absolute Gasteiger partial charge is 0.351 e. The predicted molar refractivity (Wildman–Crippen MR) is 116 cm³/mol.